The molecule has 0 unspecified atom stereocenters. The highest BCUT2D eigenvalue weighted by atomic mass is 79.9. The molecule has 0 spiro atoms. The molecule has 0 atom stereocenters. The highest BCUT2D eigenvalue weighted by Crippen LogP contribution is 2.27. The van der Waals surface area contributed by atoms with Gasteiger partial charge in [-0.25, -0.2) is 0 Å². The van der Waals surface area contributed by atoms with Crippen LogP contribution in [0.1, 0.15) is 11.1 Å². The van der Waals surface area contributed by atoms with Gasteiger partial charge in [0.2, 0.25) is 0 Å². The van der Waals surface area contributed by atoms with Crippen LogP contribution in [0.5, 0.6) is 5.75 Å². The van der Waals surface area contributed by atoms with Crippen LogP contribution >= 0.6 is 31.9 Å². The van der Waals surface area contributed by atoms with Crippen molar-refractivity contribution in [1.82, 2.24) is 4.98 Å². The van der Waals surface area contributed by atoms with E-state index in [0.29, 0.717) is 13.2 Å². The maximum Gasteiger partial charge on any atom is 0.134 e. The van der Waals surface area contributed by atoms with Crippen LogP contribution in [0.25, 0.3) is 0 Å². The molecule has 1 aromatic heterocycles. The number of benzene rings is 1. The van der Waals surface area contributed by atoms with E-state index in [-0.39, 0.29) is 0 Å². The number of nitrogens with zero attached hydrogens (tertiary/aromatic N) is 1. The Morgan fingerprint density at radius 1 is 1.11 bits per heavy atom. The van der Waals surface area contributed by atoms with Crippen molar-refractivity contribution in [1.29, 1.82) is 0 Å². The Kier molecular flexibility index (Phi) is 5.36. The van der Waals surface area contributed by atoms with Gasteiger partial charge in [-0.2, -0.15) is 0 Å². The van der Waals surface area contributed by atoms with E-state index in [4.69, 9.17) is 10.5 Å². The topological polar surface area (TPSA) is 48.1 Å². The number of nitrogens with two attached hydrogens (primary N) is 1. The van der Waals surface area contributed by atoms with Crippen LogP contribution in [-0.4, -0.2) is 11.5 Å². The van der Waals surface area contributed by atoms with Gasteiger partial charge in [-0.1, -0.05) is 6.07 Å². The molecule has 0 bridgehead atoms. The predicted molar refractivity (Wildman–Crippen MR) is 83.2 cm³/mol. The van der Waals surface area contributed by atoms with Gasteiger partial charge in [-0.05, 0) is 68.6 Å². The van der Waals surface area contributed by atoms with Gasteiger partial charge in [0.1, 0.15) is 12.4 Å². The van der Waals surface area contributed by atoms with Crippen molar-refractivity contribution in [2.45, 2.75) is 13.0 Å². The van der Waals surface area contributed by atoms with E-state index in [1.807, 2.05) is 24.3 Å². The molecule has 0 aliphatic carbocycles. The highest BCUT2D eigenvalue weighted by molar-refractivity contribution is 9.10. The zero-order chi connectivity index (χ0) is 13.7. The van der Waals surface area contributed by atoms with Gasteiger partial charge < -0.3 is 10.5 Å². The Morgan fingerprint density at radius 2 is 1.95 bits per heavy atom. The second-order valence-electron chi connectivity index (χ2n) is 4.10. The fourth-order valence-electron chi connectivity index (χ4n) is 1.68. The first kappa shape index (κ1) is 14.5. The minimum atomic E-state index is 0.487. The van der Waals surface area contributed by atoms with Gasteiger partial charge in [0, 0.05) is 22.4 Å². The molecule has 0 radical (unpaired) electrons. The summed E-state index contributed by atoms with van der Waals surface area (Å²) in [6, 6.07) is 8.03. The zero-order valence-electron chi connectivity index (χ0n) is 10.3. The summed E-state index contributed by atoms with van der Waals surface area (Å²) in [5.41, 5.74) is 7.76. The summed E-state index contributed by atoms with van der Waals surface area (Å²) in [5, 5.41) is 0. The van der Waals surface area contributed by atoms with Crippen LogP contribution in [0, 0.1) is 0 Å². The molecule has 0 aliphatic rings. The van der Waals surface area contributed by atoms with E-state index in [0.717, 1.165) is 26.7 Å². The third kappa shape index (κ3) is 4.30. The lowest BCUT2D eigenvalue weighted by atomic mass is 10.1. The standard InChI is InChI=1S/C14H14Br2N2O/c15-12-5-11(7-18-8-12)9-19-14-2-1-10(3-4-17)6-13(14)16/h1-2,5-8H,3-4,9,17H2. The Morgan fingerprint density at radius 3 is 2.63 bits per heavy atom. The number of pyridine rings is 1. The second-order valence-corrected chi connectivity index (χ2v) is 5.87. The van der Waals surface area contributed by atoms with E-state index < -0.39 is 0 Å². The van der Waals surface area contributed by atoms with Crippen molar-refractivity contribution in [2.24, 2.45) is 5.73 Å². The Balaban J connectivity index is 2.03. The number of rotatable bonds is 5. The quantitative estimate of drug-likeness (QED) is 0.853. The predicted octanol–water partition coefficient (Wildman–Crippen LogP) is 3.69. The molecule has 2 aromatic rings. The van der Waals surface area contributed by atoms with E-state index >= 15 is 0 Å². The Hall–Kier alpha value is -0.910. The highest BCUT2D eigenvalue weighted by Gasteiger charge is 2.03. The maximum atomic E-state index is 5.77. The SMILES string of the molecule is NCCc1ccc(OCc2cncc(Br)c2)c(Br)c1. The van der Waals surface area contributed by atoms with Gasteiger partial charge in [-0.15, -0.1) is 0 Å². The maximum absolute atomic E-state index is 5.77. The van der Waals surface area contributed by atoms with Crippen molar-refractivity contribution < 1.29 is 4.74 Å². The molecule has 1 aromatic carbocycles. The molecule has 0 amide bonds. The van der Waals surface area contributed by atoms with Crippen LogP contribution in [0.15, 0.2) is 45.6 Å². The lowest BCUT2D eigenvalue weighted by Crippen LogP contribution is -2.03. The molecule has 0 fully saturated rings. The lowest BCUT2D eigenvalue weighted by molar-refractivity contribution is 0.303. The Labute approximate surface area is 129 Å². The normalized spacial score (nSPS) is 10.5. The first-order chi connectivity index (χ1) is 9.19. The number of halogens is 2. The number of hydrogen-bond acceptors (Lipinski definition) is 3. The summed E-state index contributed by atoms with van der Waals surface area (Å²) < 4.78 is 7.67. The largest absolute Gasteiger partial charge is 0.488 e. The van der Waals surface area contributed by atoms with Crippen LogP contribution in [0.2, 0.25) is 0 Å². The average molecular weight is 386 g/mol. The lowest BCUT2D eigenvalue weighted by Gasteiger charge is -2.09. The van der Waals surface area contributed by atoms with Crippen LogP contribution in [-0.2, 0) is 13.0 Å². The molecular formula is C14H14Br2N2O. The van der Waals surface area contributed by atoms with Crippen LogP contribution in [0.4, 0.5) is 0 Å². The van der Waals surface area contributed by atoms with Gasteiger partial charge in [-0.3, -0.25) is 4.98 Å². The summed E-state index contributed by atoms with van der Waals surface area (Å²) >= 11 is 6.90. The molecule has 5 heteroatoms. The molecule has 100 valence electrons. The van der Waals surface area contributed by atoms with Gasteiger partial charge >= 0.3 is 0 Å². The number of aromatic nitrogens is 1. The zero-order valence-corrected chi connectivity index (χ0v) is 13.4. The van der Waals surface area contributed by atoms with Crippen LogP contribution in [0.3, 0.4) is 0 Å². The van der Waals surface area contributed by atoms with E-state index in [2.05, 4.69) is 36.8 Å². The summed E-state index contributed by atoms with van der Waals surface area (Å²) in [6.07, 6.45) is 4.41. The molecule has 1 heterocycles. The smallest absolute Gasteiger partial charge is 0.134 e. The van der Waals surface area contributed by atoms with Crippen molar-refractivity contribution in [3.63, 3.8) is 0 Å². The van der Waals surface area contributed by atoms with Gasteiger partial charge in [0.15, 0.2) is 0 Å². The second kappa shape index (κ2) is 7.03. The molecule has 3 nitrogen and oxygen atoms in total. The first-order valence-corrected chi connectivity index (χ1v) is 7.48. The van der Waals surface area contributed by atoms with Crippen LogP contribution < -0.4 is 10.5 Å². The number of ether oxygens (including phenoxy) is 1. The minimum absolute atomic E-state index is 0.487. The van der Waals surface area contributed by atoms with E-state index in [1.54, 1.807) is 12.4 Å². The van der Waals surface area contributed by atoms with Crippen molar-refractivity contribution in [3.8, 4) is 5.75 Å². The molecule has 19 heavy (non-hydrogen) atoms. The average Bonchev–Trinajstić information content (AvgIpc) is 2.38. The van der Waals surface area contributed by atoms with Crippen molar-refractivity contribution >= 4 is 31.9 Å². The summed E-state index contributed by atoms with van der Waals surface area (Å²) in [5.74, 6) is 0.820. The first-order valence-electron chi connectivity index (χ1n) is 5.90. The molecule has 2 rings (SSSR count). The third-order valence-corrected chi connectivity index (χ3v) is 3.64. The molecule has 2 N–H and O–H groups in total. The summed E-state index contributed by atoms with van der Waals surface area (Å²) in [4.78, 5) is 4.10. The molecule has 0 saturated heterocycles. The Bertz CT molecular complexity index is 561. The minimum Gasteiger partial charge on any atom is -0.488 e. The van der Waals surface area contributed by atoms with Gasteiger partial charge in [0.05, 0.1) is 4.47 Å². The number of hydrogen-bond donors (Lipinski definition) is 1. The van der Waals surface area contributed by atoms with E-state index in [9.17, 15) is 0 Å². The molecular weight excluding hydrogens is 372 g/mol. The fraction of sp³-hybridized carbons (Fsp3) is 0.214. The third-order valence-electron chi connectivity index (χ3n) is 2.59. The fourth-order valence-corrected chi connectivity index (χ4v) is 2.63. The monoisotopic (exact) mass is 384 g/mol. The van der Waals surface area contributed by atoms with E-state index in [1.165, 1.54) is 5.56 Å². The van der Waals surface area contributed by atoms with Crippen molar-refractivity contribution in [2.75, 3.05) is 6.54 Å². The molecule has 0 aliphatic heterocycles. The summed E-state index contributed by atoms with van der Waals surface area (Å²) in [7, 11) is 0. The van der Waals surface area contributed by atoms with Gasteiger partial charge in [0.25, 0.3) is 0 Å². The summed E-state index contributed by atoms with van der Waals surface area (Å²) in [6.45, 7) is 1.14. The molecule has 0 saturated carbocycles. The van der Waals surface area contributed by atoms with Crippen molar-refractivity contribution in [3.05, 3.63) is 56.7 Å².